The lowest BCUT2D eigenvalue weighted by Crippen LogP contribution is -2.44. The van der Waals surface area contributed by atoms with Crippen molar-refractivity contribution >= 4 is 5.69 Å². The third kappa shape index (κ3) is 3.15. The fourth-order valence-electron chi connectivity index (χ4n) is 5.40. The molecular formula is C29H33NO. The van der Waals surface area contributed by atoms with Gasteiger partial charge in [0.2, 0.25) is 0 Å². The molecule has 0 radical (unpaired) electrons. The lowest BCUT2D eigenvalue weighted by molar-refractivity contribution is 0.170. The van der Waals surface area contributed by atoms with Gasteiger partial charge in [0.15, 0.2) is 0 Å². The van der Waals surface area contributed by atoms with Crippen molar-refractivity contribution in [3.8, 4) is 11.1 Å². The molecule has 2 heterocycles. The summed E-state index contributed by atoms with van der Waals surface area (Å²) >= 11 is 0. The molecule has 0 bridgehead atoms. The molecule has 1 aliphatic carbocycles. The summed E-state index contributed by atoms with van der Waals surface area (Å²) in [5.41, 5.74) is 8.89. The van der Waals surface area contributed by atoms with E-state index in [1.807, 2.05) is 0 Å². The monoisotopic (exact) mass is 411 g/mol. The second-order valence-electron chi connectivity index (χ2n) is 9.79. The summed E-state index contributed by atoms with van der Waals surface area (Å²) < 4.78 is 6.43. The molecule has 0 spiro atoms. The number of hydrogen-bond acceptors (Lipinski definition) is 2. The Morgan fingerprint density at radius 3 is 2.55 bits per heavy atom. The van der Waals surface area contributed by atoms with Gasteiger partial charge in [0, 0.05) is 18.3 Å². The lowest BCUT2D eigenvalue weighted by Gasteiger charge is -2.40. The Hall–Kier alpha value is -2.74. The highest BCUT2D eigenvalue weighted by Crippen LogP contribution is 2.55. The predicted octanol–water partition coefficient (Wildman–Crippen LogP) is 7.35. The summed E-state index contributed by atoms with van der Waals surface area (Å²) in [6, 6.07) is 16.0. The van der Waals surface area contributed by atoms with E-state index in [1.165, 1.54) is 39.1 Å². The van der Waals surface area contributed by atoms with Crippen molar-refractivity contribution in [3.63, 3.8) is 0 Å². The number of hydrogen-bond donors (Lipinski definition) is 0. The third-order valence-electron chi connectivity index (χ3n) is 7.55. The topological polar surface area (TPSA) is 12.5 Å². The first-order valence-electron chi connectivity index (χ1n) is 11.6. The molecule has 0 aromatic heterocycles. The lowest BCUT2D eigenvalue weighted by atomic mass is 9.75. The summed E-state index contributed by atoms with van der Waals surface area (Å²) in [5.74, 6) is 1.88. The molecule has 2 aromatic rings. The molecule has 2 heteroatoms. The van der Waals surface area contributed by atoms with Crippen LogP contribution in [0.2, 0.25) is 0 Å². The highest BCUT2D eigenvalue weighted by Gasteiger charge is 2.50. The molecule has 31 heavy (non-hydrogen) atoms. The van der Waals surface area contributed by atoms with Crippen LogP contribution in [-0.2, 0) is 4.74 Å². The molecule has 5 rings (SSSR count). The van der Waals surface area contributed by atoms with Gasteiger partial charge in [-0.15, -0.1) is 0 Å². The maximum atomic E-state index is 6.43. The molecule has 0 amide bonds. The van der Waals surface area contributed by atoms with Crippen LogP contribution in [0.5, 0.6) is 0 Å². The van der Waals surface area contributed by atoms with Crippen LogP contribution in [0.25, 0.3) is 11.1 Å². The van der Waals surface area contributed by atoms with Gasteiger partial charge in [-0.3, -0.25) is 0 Å². The number of allylic oxidation sites excluding steroid dienone is 3. The van der Waals surface area contributed by atoms with Crippen molar-refractivity contribution in [2.45, 2.75) is 57.4 Å². The molecule has 2 nitrogen and oxygen atoms in total. The standard InChI is InChI=1S/C29H33NO/c1-19(2)21-9-11-22(12-10-21)23-13-14-25-26(18-23)30(5)29(4)16-15-24-20(3)8-6-7-17-31-28(24)27(25)29/h9-16,18-19,27H,3,6-8,17H2,1-2,4-5H3. The molecule has 0 saturated heterocycles. The van der Waals surface area contributed by atoms with E-state index in [4.69, 9.17) is 4.74 Å². The first-order valence-corrected chi connectivity index (χ1v) is 11.6. The van der Waals surface area contributed by atoms with Gasteiger partial charge in [-0.25, -0.2) is 0 Å². The molecular weight excluding hydrogens is 378 g/mol. The summed E-state index contributed by atoms with van der Waals surface area (Å²) in [6.45, 7) is 12.0. The maximum Gasteiger partial charge on any atom is 0.114 e. The number of fused-ring (bicyclic) bond motifs is 4. The molecule has 0 saturated carbocycles. The molecule has 3 aliphatic rings. The van der Waals surface area contributed by atoms with Gasteiger partial charge in [0.25, 0.3) is 0 Å². The smallest absolute Gasteiger partial charge is 0.114 e. The third-order valence-corrected chi connectivity index (χ3v) is 7.55. The Morgan fingerprint density at radius 2 is 1.81 bits per heavy atom. The van der Waals surface area contributed by atoms with E-state index in [9.17, 15) is 0 Å². The Balaban J connectivity index is 1.59. The van der Waals surface area contributed by atoms with Crippen molar-refractivity contribution in [2.24, 2.45) is 0 Å². The maximum absolute atomic E-state index is 6.43. The fraction of sp³-hybridized carbons (Fsp3) is 0.379. The molecule has 160 valence electrons. The Labute approximate surface area is 186 Å². The number of benzene rings is 2. The van der Waals surface area contributed by atoms with Gasteiger partial charge in [-0.1, -0.05) is 69.0 Å². The summed E-state index contributed by atoms with van der Waals surface area (Å²) in [4.78, 5) is 2.43. The molecule has 0 fully saturated rings. The molecule has 2 atom stereocenters. The molecule has 2 aliphatic heterocycles. The summed E-state index contributed by atoms with van der Waals surface area (Å²) in [5, 5.41) is 0. The van der Waals surface area contributed by atoms with E-state index in [0.29, 0.717) is 5.92 Å². The first-order chi connectivity index (χ1) is 14.9. The van der Waals surface area contributed by atoms with Gasteiger partial charge >= 0.3 is 0 Å². The van der Waals surface area contributed by atoms with Gasteiger partial charge in [0.05, 0.1) is 18.1 Å². The van der Waals surface area contributed by atoms with Crippen LogP contribution in [0, 0.1) is 0 Å². The van der Waals surface area contributed by atoms with Crippen LogP contribution in [0.1, 0.15) is 63.0 Å². The van der Waals surface area contributed by atoms with Crippen LogP contribution >= 0.6 is 0 Å². The Kier molecular flexibility index (Phi) is 4.84. The Morgan fingerprint density at radius 1 is 1.06 bits per heavy atom. The Bertz CT molecular complexity index is 1090. The number of rotatable bonds is 2. The number of nitrogens with zero attached hydrogens (tertiary/aromatic N) is 1. The highest BCUT2D eigenvalue weighted by atomic mass is 16.5. The fourth-order valence-corrected chi connectivity index (χ4v) is 5.40. The minimum Gasteiger partial charge on any atom is -0.497 e. The first kappa shape index (κ1) is 20.2. The SMILES string of the molecule is C=C1CCCCOC2=C1C=CC1(C)C2c2ccc(-c3ccc(C(C)C)cc3)cc2N1C. The zero-order chi connectivity index (χ0) is 21.8. The number of anilines is 1. The zero-order valence-corrected chi connectivity index (χ0v) is 19.2. The van der Waals surface area contributed by atoms with Crippen LogP contribution in [0.15, 0.2) is 78.1 Å². The van der Waals surface area contributed by atoms with Crippen LogP contribution in [0.4, 0.5) is 5.69 Å². The van der Waals surface area contributed by atoms with Gasteiger partial charge in [-0.05, 0) is 66.0 Å². The second kappa shape index (κ2) is 7.44. The van der Waals surface area contributed by atoms with Crippen LogP contribution < -0.4 is 4.90 Å². The van der Waals surface area contributed by atoms with Gasteiger partial charge in [-0.2, -0.15) is 0 Å². The molecule has 2 aromatic carbocycles. The van der Waals surface area contributed by atoms with Crippen molar-refractivity contribution in [2.75, 3.05) is 18.6 Å². The zero-order valence-electron chi connectivity index (χ0n) is 19.2. The highest BCUT2D eigenvalue weighted by molar-refractivity contribution is 5.77. The average Bonchev–Trinajstić information content (AvgIpc) is 2.98. The summed E-state index contributed by atoms with van der Waals surface area (Å²) in [6.07, 6.45) is 7.93. The van der Waals surface area contributed by atoms with Crippen molar-refractivity contribution in [1.82, 2.24) is 0 Å². The minimum atomic E-state index is -0.124. The van der Waals surface area contributed by atoms with Gasteiger partial charge in [0.1, 0.15) is 5.76 Å². The van der Waals surface area contributed by atoms with Crippen LogP contribution in [0.3, 0.4) is 0 Å². The minimum absolute atomic E-state index is 0.124. The predicted molar refractivity (Wildman–Crippen MR) is 131 cm³/mol. The second-order valence-corrected chi connectivity index (χ2v) is 9.79. The van der Waals surface area contributed by atoms with E-state index in [1.54, 1.807) is 0 Å². The van der Waals surface area contributed by atoms with E-state index in [2.05, 4.69) is 93.9 Å². The van der Waals surface area contributed by atoms with Crippen molar-refractivity contribution in [1.29, 1.82) is 0 Å². The average molecular weight is 412 g/mol. The van der Waals surface area contributed by atoms with Crippen LogP contribution in [-0.4, -0.2) is 19.2 Å². The van der Waals surface area contributed by atoms with E-state index >= 15 is 0 Å². The number of ether oxygens (including phenoxy) is 1. The van der Waals surface area contributed by atoms with E-state index in [0.717, 1.165) is 31.6 Å². The largest absolute Gasteiger partial charge is 0.497 e. The van der Waals surface area contributed by atoms with Crippen molar-refractivity contribution in [3.05, 3.63) is 89.2 Å². The van der Waals surface area contributed by atoms with E-state index < -0.39 is 0 Å². The normalized spacial score (nSPS) is 25.0. The molecule has 2 unspecified atom stereocenters. The van der Waals surface area contributed by atoms with Crippen molar-refractivity contribution < 1.29 is 4.74 Å². The molecule has 0 N–H and O–H groups in total. The quantitative estimate of drug-likeness (QED) is 0.512. The van der Waals surface area contributed by atoms with E-state index in [-0.39, 0.29) is 11.5 Å². The number of likely N-dealkylation sites (N-methyl/N-ethyl adjacent to an activating group) is 1. The summed E-state index contributed by atoms with van der Waals surface area (Å²) in [7, 11) is 2.22. The van der Waals surface area contributed by atoms with Gasteiger partial charge < -0.3 is 9.64 Å².